The molecule has 0 radical (unpaired) electrons. The molecule has 2 atom stereocenters. The second-order valence-electron chi connectivity index (χ2n) is 10.6. The Morgan fingerprint density at radius 3 is 2.49 bits per heavy atom. The molecule has 0 amide bonds. The molecular formula is C30H37FN2OS. The van der Waals surface area contributed by atoms with Gasteiger partial charge in [0.05, 0.1) is 5.60 Å². The number of rotatable bonds is 9. The van der Waals surface area contributed by atoms with E-state index in [-0.39, 0.29) is 5.82 Å². The minimum atomic E-state index is -0.578. The van der Waals surface area contributed by atoms with Crippen LogP contribution in [0.1, 0.15) is 48.3 Å². The first-order valence-corrected chi connectivity index (χ1v) is 14.0. The largest absolute Gasteiger partial charge is 0.390 e. The highest BCUT2D eigenvalue weighted by atomic mass is 32.1. The van der Waals surface area contributed by atoms with E-state index in [2.05, 4.69) is 57.0 Å². The average Bonchev–Trinajstić information content (AvgIpc) is 3.52. The molecule has 2 aliphatic heterocycles. The molecule has 2 fully saturated rings. The smallest absolute Gasteiger partial charge is 0.123 e. The Morgan fingerprint density at radius 1 is 0.943 bits per heavy atom. The second kappa shape index (κ2) is 11.3. The Hall–Kier alpha value is -2.05. The third kappa shape index (κ3) is 6.59. The van der Waals surface area contributed by atoms with Gasteiger partial charge in [-0.05, 0) is 83.7 Å². The van der Waals surface area contributed by atoms with Crippen LogP contribution in [-0.4, -0.2) is 53.2 Å². The van der Waals surface area contributed by atoms with Crippen LogP contribution in [0.25, 0.3) is 0 Å². The Balaban J connectivity index is 1.13. The number of nitrogens with zero attached hydrogens (tertiary/aromatic N) is 2. The summed E-state index contributed by atoms with van der Waals surface area (Å²) in [4.78, 5) is 5.20. The molecule has 5 heteroatoms. The molecule has 186 valence electrons. The fourth-order valence-electron chi connectivity index (χ4n) is 6.03. The first kappa shape index (κ1) is 24.6. The van der Waals surface area contributed by atoms with Gasteiger partial charge in [-0.1, -0.05) is 42.5 Å². The van der Waals surface area contributed by atoms with Gasteiger partial charge in [0, 0.05) is 45.2 Å². The molecule has 3 nitrogen and oxygen atoms in total. The van der Waals surface area contributed by atoms with Gasteiger partial charge in [0.25, 0.3) is 0 Å². The summed E-state index contributed by atoms with van der Waals surface area (Å²) in [5, 5.41) is 15.7. The summed E-state index contributed by atoms with van der Waals surface area (Å²) in [5.41, 5.74) is 3.32. The van der Waals surface area contributed by atoms with E-state index in [4.69, 9.17) is 0 Å². The van der Waals surface area contributed by atoms with Crippen molar-refractivity contribution >= 4 is 11.3 Å². The molecule has 0 aliphatic carbocycles. The Kier molecular flexibility index (Phi) is 7.98. The number of piperidine rings is 1. The van der Waals surface area contributed by atoms with E-state index in [1.807, 2.05) is 6.07 Å². The number of benzene rings is 2. The fourth-order valence-corrected chi connectivity index (χ4v) is 6.75. The first-order chi connectivity index (χ1) is 17.1. The number of halogens is 1. The third-order valence-electron chi connectivity index (χ3n) is 8.01. The van der Waals surface area contributed by atoms with Crippen molar-refractivity contribution in [2.75, 3.05) is 32.7 Å². The van der Waals surface area contributed by atoms with Gasteiger partial charge in [-0.25, -0.2) is 4.39 Å². The maximum Gasteiger partial charge on any atom is 0.123 e. The van der Waals surface area contributed by atoms with Crippen molar-refractivity contribution in [2.45, 2.75) is 50.2 Å². The molecule has 1 N–H and O–H groups in total. The molecule has 5 rings (SSSR count). The van der Waals surface area contributed by atoms with Crippen LogP contribution in [0, 0.1) is 11.7 Å². The van der Waals surface area contributed by atoms with Crippen LogP contribution in [-0.2, 0) is 13.0 Å². The van der Waals surface area contributed by atoms with Crippen LogP contribution in [0.2, 0.25) is 0 Å². The average molecular weight is 493 g/mol. The molecule has 2 unspecified atom stereocenters. The minimum absolute atomic E-state index is 0.176. The Morgan fingerprint density at radius 2 is 1.74 bits per heavy atom. The van der Waals surface area contributed by atoms with Crippen molar-refractivity contribution < 1.29 is 9.50 Å². The molecule has 1 aromatic heterocycles. The van der Waals surface area contributed by atoms with Crippen molar-refractivity contribution in [3.8, 4) is 0 Å². The number of aliphatic hydroxyl groups is 1. The standard InChI is InChI=1S/C30H37FN2OS/c31-28-10-4-8-24(18-28)9-5-12-30(34)13-15-32(16-14-30)20-27-21-33(19-25-6-2-1-3-7-25)22-29(27)26-11-17-35-23-26/h1-4,6-8,10-11,17-18,23,27,29,34H,5,9,12-16,19-22H2. The Bertz CT molecular complexity index is 1050. The fraction of sp³-hybridized carbons (Fsp3) is 0.467. The Labute approximate surface area is 213 Å². The zero-order valence-electron chi connectivity index (χ0n) is 20.5. The lowest BCUT2D eigenvalue weighted by atomic mass is 9.84. The van der Waals surface area contributed by atoms with Gasteiger partial charge in [0.15, 0.2) is 0 Å². The van der Waals surface area contributed by atoms with Crippen molar-refractivity contribution in [3.05, 3.63) is 93.9 Å². The van der Waals surface area contributed by atoms with Gasteiger partial charge in [-0.15, -0.1) is 0 Å². The number of likely N-dealkylation sites (tertiary alicyclic amines) is 2. The van der Waals surface area contributed by atoms with E-state index in [0.29, 0.717) is 11.8 Å². The number of hydrogen-bond donors (Lipinski definition) is 1. The van der Waals surface area contributed by atoms with E-state index in [1.165, 1.54) is 17.2 Å². The SMILES string of the molecule is OC1(CCCc2cccc(F)c2)CCN(CC2CN(Cc3ccccc3)CC2c2ccsc2)CC1. The zero-order chi connectivity index (χ0) is 24.1. The van der Waals surface area contributed by atoms with E-state index in [9.17, 15) is 9.50 Å². The maximum absolute atomic E-state index is 13.4. The van der Waals surface area contributed by atoms with Crippen molar-refractivity contribution in [1.82, 2.24) is 9.80 Å². The number of hydrogen-bond acceptors (Lipinski definition) is 4. The van der Waals surface area contributed by atoms with E-state index in [1.54, 1.807) is 23.5 Å². The normalized spacial score (nSPS) is 23.0. The molecular weight excluding hydrogens is 455 g/mol. The van der Waals surface area contributed by atoms with Crippen LogP contribution in [0.5, 0.6) is 0 Å². The highest BCUT2D eigenvalue weighted by Gasteiger charge is 2.37. The number of thiophene rings is 1. The van der Waals surface area contributed by atoms with Gasteiger partial charge >= 0.3 is 0 Å². The van der Waals surface area contributed by atoms with Gasteiger partial charge < -0.3 is 10.0 Å². The monoisotopic (exact) mass is 492 g/mol. The summed E-state index contributed by atoms with van der Waals surface area (Å²) in [6.07, 6.45) is 4.19. The predicted octanol–water partition coefficient (Wildman–Crippen LogP) is 5.95. The van der Waals surface area contributed by atoms with Gasteiger partial charge in [0.1, 0.15) is 5.82 Å². The molecule has 2 aliphatic rings. The van der Waals surface area contributed by atoms with E-state index in [0.717, 1.165) is 76.9 Å². The van der Waals surface area contributed by atoms with Crippen LogP contribution in [0.15, 0.2) is 71.4 Å². The molecule has 0 spiro atoms. The quantitative estimate of drug-likeness (QED) is 0.400. The van der Waals surface area contributed by atoms with Gasteiger partial charge in [-0.2, -0.15) is 11.3 Å². The molecule has 35 heavy (non-hydrogen) atoms. The van der Waals surface area contributed by atoms with Crippen molar-refractivity contribution in [1.29, 1.82) is 0 Å². The van der Waals surface area contributed by atoms with Crippen molar-refractivity contribution in [3.63, 3.8) is 0 Å². The lowest BCUT2D eigenvalue weighted by molar-refractivity contribution is -0.0316. The van der Waals surface area contributed by atoms with Crippen LogP contribution in [0.4, 0.5) is 4.39 Å². The summed E-state index contributed by atoms with van der Waals surface area (Å²) in [7, 11) is 0. The highest BCUT2D eigenvalue weighted by Crippen LogP contribution is 2.36. The van der Waals surface area contributed by atoms with Crippen LogP contribution >= 0.6 is 11.3 Å². The zero-order valence-corrected chi connectivity index (χ0v) is 21.3. The van der Waals surface area contributed by atoms with E-state index < -0.39 is 5.60 Å². The lowest BCUT2D eigenvalue weighted by Crippen LogP contribution is -2.46. The molecule has 3 heterocycles. The summed E-state index contributed by atoms with van der Waals surface area (Å²) in [5.74, 6) is 1.02. The predicted molar refractivity (Wildman–Crippen MR) is 142 cm³/mol. The summed E-state index contributed by atoms with van der Waals surface area (Å²) in [6, 6.07) is 20.0. The molecule has 2 saturated heterocycles. The summed E-state index contributed by atoms with van der Waals surface area (Å²) in [6.45, 7) is 6.29. The van der Waals surface area contributed by atoms with Gasteiger partial charge in [0.2, 0.25) is 0 Å². The molecule has 2 aromatic carbocycles. The third-order valence-corrected chi connectivity index (χ3v) is 8.71. The van der Waals surface area contributed by atoms with E-state index >= 15 is 0 Å². The maximum atomic E-state index is 13.4. The highest BCUT2D eigenvalue weighted by molar-refractivity contribution is 7.08. The molecule has 0 saturated carbocycles. The van der Waals surface area contributed by atoms with Crippen molar-refractivity contribution in [2.24, 2.45) is 5.92 Å². The van der Waals surface area contributed by atoms with Crippen LogP contribution in [0.3, 0.4) is 0 Å². The topological polar surface area (TPSA) is 26.7 Å². The summed E-state index contributed by atoms with van der Waals surface area (Å²) < 4.78 is 13.4. The minimum Gasteiger partial charge on any atom is -0.390 e. The first-order valence-electron chi connectivity index (χ1n) is 13.0. The van der Waals surface area contributed by atoms with Gasteiger partial charge in [-0.3, -0.25) is 4.90 Å². The summed E-state index contributed by atoms with van der Waals surface area (Å²) >= 11 is 1.80. The lowest BCUT2D eigenvalue weighted by Gasteiger charge is -2.39. The molecule has 0 bridgehead atoms. The van der Waals surface area contributed by atoms with Crippen LogP contribution < -0.4 is 0 Å². The molecule has 3 aromatic rings. The second-order valence-corrected chi connectivity index (χ2v) is 11.4. The number of aryl methyl sites for hydroxylation is 1.